The predicted octanol–water partition coefficient (Wildman–Crippen LogP) is 4.64. The summed E-state index contributed by atoms with van der Waals surface area (Å²) >= 11 is 0. The molecule has 0 aromatic heterocycles. The van der Waals surface area contributed by atoms with E-state index in [1.165, 1.54) is 7.11 Å². The second-order valence-electron chi connectivity index (χ2n) is 6.18. The van der Waals surface area contributed by atoms with Gasteiger partial charge in [-0.3, -0.25) is 0 Å². The van der Waals surface area contributed by atoms with E-state index in [9.17, 15) is 4.79 Å². The summed E-state index contributed by atoms with van der Waals surface area (Å²) in [5, 5.41) is 1.86. The summed E-state index contributed by atoms with van der Waals surface area (Å²) in [5.41, 5.74) is 1.68. The normalized spacial score (nSPS) is 11.9. The maximum atomic E-state index is 12.7. The fraction of sp³-hybridized carbons (Fsp3) is 0.261. The summed E-state index contributed by atoms with van der Waals surface area (Å²) in [5.74, 6) is 0.108. The van der Waals surface area contributed by atoms with Crippen molar-refractivity contribution in [2.75, 3.05) is 20.5 Å². The highest BCUT2D eigenvalue weighted by Crippen LogP contribution is 2.36. The van der Waals surface area contributed by atoms with Crippen LogP contribution in [0, 0.1) is 0 Å². The molecule has 3 aromatic rings. The number of rotatable bonds is 9. The molecule has 1 unspecified atom stereocenters. The lowest BCUT2D eigenvalue weighted by Crippen LogP contribution is -2.21. The fourth-order valence-electron chi connectivity index (χ4n) is 3.03. The summed E-state index contributed by atoms with van der Waals surface area (Å²) in [7, 11) is 1.51. The Hall–Kier alpha value is -2.89. The van der Waals surface area contributed by atoms with E-state index >= 15 is 0 Å². The summed E-state index contributed by atoms with van der Waals surface area (Å²) in [6.45, 7) is 2.37. The lowest BCUT2D eigenvalue weighted by atomic mass is 9.99. The minimum atomic E-state index is -0.947. The smallest absolute Gasteiger partial charge is 0.340 e. The van der Waals surface area contributed by atoms with E-state index < -0.39 is 12.1 Å². The molecule has 5 nitrogen and oxygen atoms in total. The molecule has 28 heavy (non-hydrogen) atoms. The Labute approximate surface area is 164 Å². The van der Waals surface area contributed by atoms with Crippen LogP contribution in [0.3, 0.4) is 0 Å². The van der Waals surface area contributed by atoms with E-state index in [-0.39, 0.29) is 13.4 Å². The molecule has 0 aliphatic rings. The minimum absolute atomic E-state index is 0.0369. The molecule has 146 valence electrons. The Morgan fingerprint density at radius 3 is 2.46 bits per heavy atom. The number of carbonyl (C=O) groups is 1. The summed E-state index contributed by atoms with van der Waals surface area (Å²) in [6, 6.07) is 21.5. The standard InChI is InChI=1S/C23H24O5/c1-3-26-23(24)22(28-16-25-2)21-19-12-8-7-11-18(19)13-14-20(21)27-15-17-9-5-4-6-10-17/h4-14,22H,3,15-16H2,1-2H3. The first kappa shape index (κ1) is 19.9. The van der Waals surface area contributed by atoms with Crippen LogP contribution >= 0.6 is 0 Å². The Morgan fingerprint density at radius 1 is 0.964 bits per heavy atom. The van der Waals surface area contributed by atoms with Crippen LogP contribution in [0.15, 0.2) is 66.7 Å². The van der Waals surface area contributed by atoms with Gasteiger partial charge in [-0.1, -0.05) is 60.7 Å². The molecule has 0 amide bonds. The van der Waals surface area contributed by atoms with Crippen molar-refractivity contribution in [3.63, 3.8) is 0 Å². The van der Waals surface area contributed by atoms with Crippen LogP contribution in [-0.4, -0.2) is 26.5 Å². The van der Waals surface area contributed by atoms with Gasteiger partial charge in [0.05, 0.1) is 6.61 Å². The Balaban J connectivity index is 2.03. The van der Waals surface area contributed by atoms with Gasteiger partial charge in [-0.15, -0.1) is 0 Å². The van der Waals surface area contributed by atoms with Crippen LogP contribution in [0.1, 0.15) is 24.2 Å². The van der Waals surface area contributed by atoms with Crippen molar-refractivity contribution >= 4 is 16.7 Å². The topological polar surface area (TPSA) is 54.0 Å². The van der Waals surface area contributed by atoms with Crippen LogP contribution < -0.4 is 4.74 Å². The van der Waals surface area contributed by atoms with Gasteiger partial charge >= 0.3 is 5.97 Å². The molecule has 0 radical (unpaired) electrons. The van der Waals surface area contributed by atoms with Gasteiger partial charge in [0.1, 0.15) is 19.1 Å². The number of hydrogen-bond donors (Lipinski definition) is 0. The SMILES string of the molecule is CCOC(=O)C(OCOC)c1c(OCc2ccccc2)ccc2ccccc12. The highest BCUT2D eigenvalue weighted by Gasteiger charge is 2.28. The van der Waals surface area contributed by atoms with Gasteiger partial charge in [0.15, 0.2) is 6.10 Å². The highest BCUT2D eigenvalue weighted by molar-refractivity contribution is 5.92. The average molecular weight is 380 g/mol. The van der Waals surface area contributed by atoms with Crippen LogP contribution in [-0.2, 0) is 25.6 Å². The molecule has 1 atom stereocenters. The van der Waals surface area contributed by atoms with E-state index in [1.54, 1.807) is 6.92 Å². The maximum Gasteiger partial charge on any atom is 0.340 e. The lowest BCUT2D eigenvalue weighted by Gasteiger charge is -2.21. The van der Waals surface area contributed by atoms with Gasteiger partial charge < -0.3 is 18.9 Å². The van der Waals surface area contributed by atoms with Gasteiger partial charge in [0, 0.05) is 12.7 Å². The number of carbonyl (C=O) groups excluding carboxylic acids is 1. The van der Waals surface area contributed by atoms with Crippen LogP contribution in [0.5, 0.6) is 5.75 Å². The van der Waals surface area contributed by atoms with E-state index in [1.807, 2.05) is 66.7 Å². The Morgan fingerprint density at radius 2 is 1.71 bits per heavy atom. The first-order valence-electron chi connectivity index (χ1n) is 9.20. The number of methoxy groups -OCH3 is 1. The zero-order valence-electron chi connectivity index (χ0n) is 16.1. The predicted molar refractivity (Wildman–Crippen MR) is 107 cm³/mol. The summed E-state index contributed by atoms with van der Waals surface area (Å²) < 4.78 is 22.1. The number of benzene rings is 3. The van der Waals surface area contributed by atoms with Crippen LogP contribution in [0.4, 0.5) is 0 Å². The number of hydrogen-bond acceptors (Lipinski definition) is 5. The molecular weight excluding hydrogens is 356 g/mol. The fourth-order valence-corrected chi connectivity index (χ4v) is 3.03. The molecule has 0 saturated carbocycles. The van der Waals surface area contributed by atoms with Crippen molar-refractivity contribution in [2.45, 2.75) is 19.6 Å². The molecule has 0 aliphatic carbocycles. The largest absolute Gasteiger partial charge is 0.488 e. The molecule has 0 fully saturated rings. The van der Waals surface area contributed by atoms with Gasteiger partial charge in [0.25, 0.3) is 0 Å². The second kappa shape index (κ2) is 9.88. The maximum absolute atomic E-state index is 12.7. The van der Waals surface area contributed by atoms with Crippen molar-refractivity contribution in [3.8, 4) is 5.75 Å². The van der Waals surface area contributed by atoms with Crippen molar-refractivity contribution in [1.29, 1.82) is 0 Å². The zero-order chi connectivity index (χ0) is 19.8. The molecule has 0 aliphatic heterocycles. The first-order chi connectivity index (χ1) is 13.7. The zero-order valence-corrected chi connectivity index (χ0v) is 16.1. The highest BCUT2D eigenvalue weighted by atomic mass is 16.7. The minimum Gasteiger partial charge on any atom is -0.488 e. The molecule has 0 saturated heterocycles. The summed E-state index contributed by atoms with van der Waals surface area (Å²) in [4.78, 5) is 12.7. The van der Waals surface area contributed by atoms with Crippen molar-refractivity contribution in [3.05, 3.63) is 77.9 Å². The van der Waals surface area contributed by atoms with Gasteiger partial charge in [-0.25, -0.2) is 4.79 Å². The van der Waals surface area contributed by atoms with Gasteiger partial charge in [0.2, 0.25) is 0 Å². The average Bonchev–Trinajstić information content (AvgIpc) is 2.74. The van der Waals surface area contributed by atoms with Crippen LogP contribution in [0.2, 0.25) is 0 Å². The molecule has 0 bridgehead atoms. The Bertz CT molecular complexity index is 907. The number of fused-ring (bicyclic) bond motifs is 1. The van der Waals surface area contributed by atoms with E-state index in [0.29, 0.717) is 17.9 Å². The Kier molecular flexibility index (Phi) is 7.00. The third-order valence-corrected chi connectivity index (χ3v) is 4.28. The first-order valence-corrected chi connectivity index (χ1v) is 9.20. The third-order valence-electron chi connectivity index (χ3n) is 4.28. The van der Waals surface area contributed by atoms with Gasteiger partial charge in [-0.05, 0) is 29.3 Å². The molecule has 0 spiro atoms. The van der Waals surface area contributed by atoms with E-state index in [4.69, 9.17) is 18.9 Å². The van der Waals surface area contributed by atoms with Crippen molar-refractivity contribution < 1.29 is 23.7 Å². The van der Waals surface area contributed by atoms with E-state index in [0.717, 1.165) is 16.3 Å². The van der Waals surface area contributed by atoms with Gasteiger partial charge in [-0.2, -0.15) is 0 Å². The number of esters is 1. The molecule has 3 rings (SSSR count). The monoisotopic (exact) mass is 380 g/mol. The quantitative estimate of drug-likeness (QED) is 0.400. The second-order valence-corrected chi connectivity index (χ2v) is 6.18. The molecular formula is C23H24O5. The molecule has 3 aromatic carbocycles. The van der Waals surface area contributed by atoms with Crippen LogP contribution in [0.25, 0.3) is 10.8 Å². The van der Waals surface area contributed by atoms with E-state index in [2.05, 4.69) is 0 Å². The molecule has 5 heteroatoms. The molecule has 0 N–H and O–H groups in total. The van der Waals surface area contributed by atoms with Crippen molar-refractivity contribution in [2.24, 2.45) is 0 Å². The third kappa shape index (κ3) is 4.68. The lowest BCUT2D eigenvalue weighted by molar-refractivity contribution is -0.165. The summed E-state index contributed by atoms with van der Waals surface area (Å²) in [6.07, 6.45) is -0.947. The van der Waals surface area contributed by atoms with Crippen molar-refractivity contribution in [1.82, 2.24) is 0 Å². The molecule has 0 heterocycles. The number of ether oxygens (including phenoxy) is 4.